The maximum atomic E-state index is 11.8. The van der Waals surface area contributed by atoms with E-state index >= 15 is 0 Å². The summed E-state index contributed by atoms with van der Waals surface area (Å²) in [6.07, 6.45) is 0.0249. The maximum absolute atomic E-state index is 11.8. The van der Waals surface area contributed by atoms with Gasteiger partial charge in [0.25, 0.3) is 0 Å². The minimum Gasteiger partial charge on any atom is -0.496 e. The van der Waals surface area contributed by atoms with Gasteiger partial charge in [0.05, 0.1) is 13.5 Å². The molecule has 0 saturated heterocycles. The van der Waals surface area contributed by atoms with Crippen LogP contribution in [0.5, 0.6) is 5.75 Å². The van der Waals surface area contributed by atoms with E-state index in [4.69, 9.17) is 21.4 Å². The van der Waals surface area contributed by atoms with Crippen LogP contribution in [0.4, 0.5) is 0 Å². The summed E-state index contributed by atoms with van der Waals surface area (Å²) in [5, 5.41) is 11.9. The van der Waals surface area contributed by atoms with E-state index in [1.54, 1.807) is 18.2 Å². The number of rotatable bonds is 5. The van der Waals surface area contributed by atoms with Crippen LogP contribution in [0, 0.1) is 0 Å². The number of halogens is 1. The summed E-state index contributed by atoms with van der Waals surface area (Å²) >= 11 is 5.82. The smallest absolute Gasteiger partial charge is 0.328 e. The van der Waals surface area contributed by atoms with Crippen molar-refractivity contribution in [1.29, 1.82) is 0 Å². The fraction of sp³-hybridized carbons (Fsp3) is 0.385. The number of carboxylic acid groups (broad SMARTS) is 1. The standard InChI is InChI=1S/C13H16ClNO4/c1-13(2,12(17)18)15-11(16)6-8-4-5-9(14)7-10(8)19-3/h4-5,7H,6H2,1-3H3,(H,15,16)(H,17,18). The quantitative estimate of drug-likeness (QED) is 0.866. The molecule has 1 aromatic rings. The molecule has 0 atom stereocenters. The number of amides is 1. The van der Waals surface area contributed by atoms with Crippen LogP contribution in [0.15, 0.2) is 18.2 Å². The third-order valence-corrected chi connectivity index (χ3v) is 2.82. The molecule has 1 amide bonds. The Hall–Kier alpha value is -1.75. The highest BCUT2D eigenvalue weighted by Gasteiger charge is 2.29. The highest BCUT2D eigenvalue weighted by molar-refractivity contribution is 6.30. The van der Waals surface area contributed by atoms with E-state index in [0.29, 0.717) is 16.3 Å². The van der Waals surface area contributed by atoms with Crippen molar-refractivity contribution in [2.45, 2.75) is 25.8 Å². The van der Waals surface area contributed by atoms with Crippen molar-refractivity contribution in [1.82, 2.24) is 5.32 Å². The number of carbonyl (C=O) groups excluding carboxylic acids is 1. The van der Waals surface area contributed by atoms with Crippen molar-refractivity contribution in [3.63, 3.8) is 0 Å². The molecule has 5 nitrogen and oxygen atoms in total. The van der Waals surface area contributed by atoms with E-state index < -0.39 is 17.4 Å². The van der Waals surface area contributed by atoms with Crippen LogP contribution in [0.2, 0.25) is 5.02 Å². The van der Waals surface area contributed by atoms with Crippen molar-refractivity contribution in [3.05, 3.63) is 28.8 Å². The fourth-order valence-corrected chi connectivity index (χ4v) is 1.65. The highest BCUT2D eigenvalue weighted by atomic mass is 35.5. The molecule has 0 heterocycles. The number of carboxylic acids is 1. The lowest BCUT2D eigenvalue weighted by Gasteiger charge is -2.21. The lowest BCUT2D eigenvalue weighted by molar-refractivity contribution is -0.145. The van der Waals surface area contributed by atoms with E-state index in [9.17, 15) is 9.59 Å². The maximum Gasteiger partial charge on any atom is 0.328 e. The highest BCUT2D eigenvalue weighted by Crippen LogP contribution is 2.23. The van der Waals surface area contributed by atoms with Gasteiger partial charge in [0.15, 0.2) is 0 Å². The summed E-state index contributed by atoms with van der Waals surface area (Å²) in [5.74, 6) is -0.993. The molecule has 0 saturated carbocycles. The van der Waals surface area contributed by atoms with Crippen LogP contribution in [-0.2, 0) is 16.0 Å². The first kappa shape index (κ1) is 15.3. The lowest BCUT2D eigenvalue weighted by atomic mass is 10.0. The summed E-state index contributed by atoms with van der Waals surface area (Å²) in [7, 11) is 1.48. The molecule has 19 heavy (non-hydrogen) atoms. The van der Waals surface area contributed by atoms with Crippen LogP contribution < -0.4 is 10.1 Å². The van der Waals surface area contributed by atoms with E-state index in [2.05, 4.69) is 5.32 Å². The average molecular weight is 286 g/mol. The molecule has 0 unspecified atom stereocenters. The van der Waals surface area contributed by atoms with Crippen LogP contribution in [0.25, 0.3) is 0 Å². The number of methoxy groups -OCH3 is 1. The Bertz CT molecular complexity index is 499. The molecule has 1 rings (SSSR count). The second-order valence-corrected chi connectivity index (χ2v) is 5.05. The first-order valence-electron chi connectivity index (χ1n) is 5.63. The number of hydrogen-bond acceptors (Lipinski definition) is 3. The largest absolute Gasteiger partial charge is 0.496 e. The van der Waals surface area contributed by atoms with Crippen molar-refractivity contribution < 1.29 is 19.4 Å². The molecule has 0 aromatic heterocycles. The predicted octanol–water partition coefficient (Wildman–Crippen LogP) is 1.87. The Morgan fingerprint density at radius 1 is 1.42 bits per heavy atom. The number of carbonyl (C=O) groups is 2. The summed E-state index contributed by atoms with van der Waals surface area (Å²) in [6.45, 7) is 2.85. The first-order chi connectivity index (χ1) is 8.76. The molecule has 0 aliphatic rings. The fourth-order valence-electron chi connectivity index (χ4n) is 1.48. The molecule has 0 bridgehead atoms. The Morgan fingerprint density at radius 3 is 2.58 bits per heavy atom. The van der Waals surface area contributed by atoms with Crippen molar-refractivity contribution >= 4 is 23.5 Å². The van der Waals surface area contributed by atoms with Crippen molar-refractivity contribution in [3.8, 4) is 5.75 Å². The molecule has 1 aromatic carbocycles. The van der Waals surface area contributed by atoms with E-state index in [1.807, 2.05) is 0 Å². The van der Waals surface area contributed by atoms with Gasteiger partial charge >= 0.3 is 5.97 Å². The van der Waals surface area contributed by atoms with Gasteiger partial charge in [0.2, 0.25) is 5.91 Å². The average Bonchev–Trinajstić information content (AvgIpc) is 2.30. The third-order valence-electron chi connectivity index (χ3n) is 2.59. The minimum absolute atomic E-state index is 0.0249. The molecular formula is C13H16ClNO4. The molecule has 0 aliphatic carbocycles. The molecule has 0 radical (unpaired) electrons. The number of benzene rings is 1. The normalized spacial score (nSPS) is 10.9. The summed E-state index contributed by atoms with van der Waals surface area (Å²) in [4.78, 5) is 22.7. The summed E-state index contributed by atoms with van der Waals surface area (Å²) < 4.78 is 5.12. The van der Waals surface area contributed by atoms with Gasteiger partial charge in [-0.3, -0.25) is 4.79 Å². The zero-order valence-corrected chi connectivity index (χ0v) is 11.7. The number of ether oxygens (including phenoxy) is 1. The zero-order valence-electron chi connectivity index (χ0n) is 11.0. The van der Waals surface area contributed by atoms with Crippen LogP contribution in [0.3, 0.4) is 0 Å². The monoisotopic (exact) mass is 285 g/mol. The van der Waals surface area contributed by atoms with Gasteiger partial charge in [-0.1, -0.05) is 17.7 Å². The second-order valence-electron chi connectivity index (χ2n) is 4.61. The van der Waals surface area contributed by atoms with Gasteiger partial charge in [-0.15, -0.1) is 0 Å². The van der Waals surface area contributed by atoms with Gasteiger partial charge in [-0.05, 0) is 26.0 Å². The Labute approximate surface area is 116 Å². The van der Waals surface area contributed by atoms with E-state index in [-0.39, 0.29) is 6.42 Å². The van der Waals surface area contributed by atoms with Gasteiger partial charge in [0, 0.05) is 10.6 Å². The molecule has 0 spiro atoms. The van der Waals surface area contributed by atoms with E-state index in [1.165, 1.54) is 21.0 Å². The second kappa shape index (κ2) is 5.93. The van der Waals surface area contributed by atoms with Crippen LogP contribution in [-0.4, -0.2) is 29.6 Å². The Morgan fingerprint density at radius 2 is 2.05 bits per heavy atom. The van der Waals surface area contributed by atoms with Crippen molar-refractivity contribution in [2.75, 3.05) is 7.11 Å². The van der Waals surface area contributed by atoms with E-state index in [0.717, 1.165) is 0 Å². The SMILES string of the molecule is COc1cc(Cl)ccc1CC(=O)NC(C)(C)C(=O)O. The number of nitrogens with one attached hydrogen (secondary N) is 1. The zero-order chi connectivity index (χ0) is 14.6. The Balaban J connectivity index is 2.80. The van der Waals surface area contributed by atoms with Gasteiger partial charge in [-0.25, -0.2) is 4.79 Å². The minimum atomic E-state index is -1.31. The lowest BCUT2D eigenvalue weighted by Crippen LogP contribution is -2.50. The first-order valence-corrected chi connectivity index (χ1v) is 6.01. The summed E-state index contributed by atoms with van der Waals surface area (Å²) in [5.41, 5.74) is -0.665. The Kier molecular flexibility index (Phi) is 4.78. The molecule has 0 fully saturated rings. The number of hydrogen-bond donors (Lipinski definition) is 2. The molecule has 2 N–H and O–H groups in total. The van der Waals surface area contributed by atoms with Gasteiger partial charge in [0.1, 0.15) is 11.3 Å². The molecular weight excluding hydrogens is 270 g/mol. The van der Waals surface area contributed by atoms with Crippen LogP contribution in [0.1, 0.15) is 19.4 Å². The predicted molar refractivity (Wildman–Crippen MR) is 71.6 cm³/mol. The van der Waals surface area contributed by atoms with Gasteiger partial charge in [-0.2, -0.15) is 0 Å². The van der Waals surface area contributed by atoms with Gasteiger partial charge < -0.3 is 15.2 Å². The molecule has 6 heteroatoms. The summed E-state index contributed by atoms with van der Waals surface area (Å²) in [6, 6.07) is 4.93. The molecule has 0 aliphatic heterocycles. The third kappa shape index (κ3) is 4.13. The van der Waals surface area contributed by atoms with Crippen LogP contribution >= 0.6 is 11.6 Å². The topological polar surface area (TPSA) is 75.6 Å². The molecule has 104 valence electrons. The number of aliphatic carboxylic acids is 1. The van der Waals surface area contributed by atoms with Crippen molar-refractivity contribution in [2.24, 2.45) is 0 Å².